The van der Waals surface area contributed by atoms with Crippen LogP contribution in [0.4, 0.5) is 0 Å². The lowest BCUT2D eigenvalue weighted by Crippen LogP contribution is -2.41. The zero-order valence-electron chi connectivity index (χ0n) is 19.3. The summed E-state index contributed by atoms with van der Waals surface area (Å²) in [6.45, 7) is 2.82. The normalized spacial score (nSPS) is 16.7. The molecule has 0 aliphatic carbocycles. The maximum absolute atomic E-state index is 10.6. The Hall–Kier alpha value is -2.37. The van der Waals surface area contributed by atoms with Gasteiger partial charge in [-0.3, -0.25) is 9.69 Å². The Morgan fingerprint density at radius 2 is 1.59 bits per heavy atom. The molecule has 1 aliphatic rings. The largest absolute Gasteiger partial charge is 0.497 e. The first-order chi connectivity index (χ1) is 15.7. The molecular weight excluding hydrogens is 402 g/mol. The van der Waals surface area contributed by atoms with Crippen LogP contribution < -0.4 is 4.74 Å². The van der Waals surface area contributed by atoms with Gasteiger partial charge in [0.25, 0.3) is 0 Å². The maximum atomic E-state index is 10.6. The van der Waals surface area contributed by atoms with E-state index in [-0.39, 0.29) is 6.23 Å². The van der Waals surface area contributed by atoms with Crippen molar-refractivity contribution in [2.45, 2.75) is 70.6 Å². The van der Waals surface area contributed by atoms with E-state index in [1.54, 1.807) is 7.11 Å². The van der Waals surface area contributed by atoms with Gasteiger partial charge in [-0.05, 0) is 60.9 Å². The summed E-state index contributed by atoms with van der Waals surface area (Å²) in [4.78, 5) is 13.1. The summed E-state index contributed by atoms with van der Waals surface area (Å²) in [6.07, 6.45) is 9.32. The maximum Gasteiger partial charge on any atom is 0.303 e. The van der Waals surface area contributed by atoms with Crippen molar-refractivity contribution in [2.24, 2.45) is 0 Å². The Bertz CT molecular complexity index is 803. The van der Waals surface area contributed by atoms with Crippen LogP contribution >= 0.6 is 0 Å². The molecule has 1 saturated heterocycles. The Kier molecular flexibility index (Phi) is 10.0. The highest BCUT2D eigenvalue weighted by atomic mass is 16.5. The van der Waals surface area contributed by atoms with E-state index in [4.69, 9.17) is 14.6 Å². The predicted molar refractivity (Wildman–Crippen MR) is 128 cm³/mol. The van der Waals surface area contributed by atoms with Crippen molar-refractivity contribution in [3.63, 3.8) is 0 Å². The van der Waals surface area contributed by atoms with Crippen molar-refractivity contribution in [1.82, 2.24) is 4.90 Å². The van der Waals surface area contributed by atoms with Crippen LogP contribution in [0, 0.1) is 0 Å². The Labute approximate surface area is 192 Å². The minimum absolute atomic E-state index is 0.206. The van der Waals surface area contributed by atoms with Crippen LogP contribution in [0.15, 0.2) is 48.5 Å². The van der Waals surface area contributed by atoms with Gasteiger partial charge < -0.3 is 14.6 Å². The first-order valence-corrected chi connectivity index (χ1v) is 12.0. The molecular formula is C27H37NO4. The second-order valence-electron chi connectivity index (χ2n) is 8.63. The van der Waals surface area contributed by atoms with Gasteiger partial charge in [-0.25, -0.2) is 0 Å². The lowest BCUT2D eigenvalue weighted by atomic mass is 10.0. The molecule has 1 N–H and O–H groups in total. The lowest BCUT2D eigenvalue weighted by Gasteiger charge is -2.35. The summed E-state index contributed by atoms with van der Waals surface area (Å²) < 4.78 is 11.6. The molecule has 3 rings (SSSR count). The van der Waals surface area contributed by atoms with Crippen LogP contribution in [-0.2, 0) is 16.1 Å². The third-order valence-corrected chi connectivity index (χ3v) is 6.21. The molecule has 0 amide bonds. The number of aliphatic carboxylic acids is 1. The fourth-order valence-electron chi connectivity index (χ4n) is 4.30. The number of hydrogen-bond donors (Lipinski definition) is 1. The number of carbonyl (C=O) groups is 1. The summed E-state index contributed by atoms with van der Waals surface area (Å²) in [5.74, 6) is 0.183. The Morgan fingerprint density at radius 1 is 0.938 bits per heavy atom. The van der Waals surface area contributed by atoms with Gasteiger partial charge >= 0.3 is 5.97 Å². The van der Waals surface area contributed by atoms with E-state index < -0.39 is 5.97 Å². The molecule has 0 aromatic heterocycles. The van der Waals surface area contributed by atoms with Crippen LogP contribution in [0.3, 0.4) is 0 Å². The molecule has 1 unspecified atom stereocenters. The van der Waals surface area contributed by atoms with Crippen LogP contribution in [0.2, 0.25) is 0 Å². The Morgan fingerprint density at radius 3 is 2.28 bits per heavy atom. The number of methoxy groups -OCH3 is 1. The molecule has 1 heterocycles. The molecule has 2 aromatic rings. The van der Waals surface area contributed by atoms with Crippen molar-refractivity contribution in [1.29, 1.82) is 0 Å². The van der Waals surface area contributed by atoms with Crippen LogP contribution in [0.1, 0.15) is 63.4 Å². The predicted octanol–water partition coefficient (Wildman–Crippen LogP) is 6.12. The van der Waals surface area contributed by atoms with Gasteiger partial charge in [0.2, 0.25) is 0 Å². The van der Waals surface area contributed by atoms with Gasteiger partial charge in [0.15, 0.2) is 0 Å². The van der Waals surface area contributed by atoms with Crippen LogP contribution in [-0.4, -0.2) is 42.4 Å². The smallest absolute Gasteiger partial charge is 0.303 e. The summed E-state index contributed by atoms with van der Waals surface area (Å²) in [6, 6.07) is 16.8. The van der Waals surface area contributed by atoms with Crippen molar-refractivity contribution in [3.8, 4) is 16.9 Å². The highest BCUT2D eigenvalue weighted by Gasteiger charge is 2.22. The molecule has 0 spiro atoms. The molecule has 0 saturated carbocycles. The summed E-state index contributed by atoms with van der Waals surface area (Å²) >= 11 is 0. The number of benzene rings is 2. The Balaban J connectivity index is 1.41. The molecule has 32 heavy (non-hydrogen) atoms. The van der Waals surface area contributed by atoms with Gasteiger partial charge in [0, 0.05) is 19.5 Å². The summed E-state index contributed by atoms with van der Waals surface area (Å²) in [5, 5.41) is 8.71. The minimum atomic E-state index is -0.686. The van der Waals surface area contributed by atoms with E-state index in [0.717, 1.165) is 57.4 Å². The topological polar surface area (TPSA) is 59.0 Å². The highest BCUT2D eigenvalue weighted by molar-refractivity contribution is 5.66. The number of unbranched alkanes of at least 4 members (excludes halogenated alkanes) is 4. The molecule has 174 valence electrons. The minimum Gasteiger partial charge on any atom is -0.497 e. The third kappa shape index (κ3) is 7.95. The average molecular weight is 440 g/mol. The molecule has 5 heteroatoms. The van der Waals surface area contributed by atoms with Crippen LogP contribution in [0.25, 0.3) is 11.1 Å². The van der Waals surface area contributed by atoms with E-state index in [1.165, 1.54) is 29.5 Å². The van der Waals surface area contributed by atoms with E-state index in [0.29, 0.717) is 13.0 Å². The van der Waals surface area contributed by atoms with Gasteiger partial charge in [0.1, 0.15) is 12.0 Å². The molecule has 2 aromatic carbocycles. The summed E-state index contributed by atoms with van der Waals surface area (Å²) in [7, 11) is 1.68. The van der Waals surface area contributed by atoms with Crippen LogP contribution in [0.5, 0.6) is 5.75 Å². The van der Waals surface area contributed by atoms with Gasteiger partial charge in [0.05, 0.1) is 13.7 Å². The SMILES string of the molecule is COc1ccc(-c2ccc(COC3CCCCN3CCCCCCCC(=O)O)cc2)cc1. The number of rotatable bonds is 13. The number of carboxylic acid groups (broad SMARTS) is 1. The van der Waals surface area contributed by atoms with Crippen molar-refractivity contribution in [2.75, 3.05) is 20.2 Å². The number of hydrogen-bond acceptors (Lipinski definition) is 4. The first kappa shape index (κ1) is 24.3. The van der Waals surface area contributed by atoms with E-state index in [1.807, 2.05) is 12.1 Å². The molecule has 5 nitrogen and oxygen atoms in total. The average Bonchev–Trinajstić information content (AvgIpc) is 2.83. The standard InChI is InChI=1S/C27H37NO4/c1-31-25-17-15-24(16-18-25)23-13-11-22(12-14-23)21-32-26-9-6-8-20-28(26)19-7-4-2-3-5-10-27(29)30/h11-18,26H,2-10,19-21H2,1H3,(H,29,30). The first-order valence-electron chi connectivity index (χ1n) is 12.0. The molecule has 0 bridgehead atoms. The summed E-state index contributed by atoms with van der Waals surface area (Å²) in [5.41, 5.74) is 3.57. The van der Waals surface area contributed by atoms with Crippen molar-refractivity contribution < 1.29 is 19.4 Å². The van der Waals surface area contributed by atoms with Gasteiger partial charge in [-0.2, -0.15) is 0 Å². The number of piperidine rings is 1. The number of likely N-dealkylation sites (tertiary alicyclic amines) is 1. The molecule has 1 aliphatic heterocycles. The monoisotopic (exact) mass is 439 g/mol. The van der Waals surface area contributed by atoms with E-state index in [9.17, 15) is 4.79 Å². The van der Waals surface area contributed by atoms with E-state index >= 15 is 0 Å². The molecule has 1 fully saturated rings. The number of ether oxygens (including phenoxy) is 2. The third-order valence-electron chi connectivity index (χ3n) is 6.21. The quantitative estimate of drug-likeness (QED) is 0.381. The van der Waals surface area contributed by atoms with Crippen molar-refractivity contribution >= 4 is 5.97 Å². The molecule has 0 radical (unpaired) electrons. The van der Waals surface area contributed by atoms with E-state index in [2.05, 4.69) is 41.3 Å². The van der Waals surface area contributed by atoms with Crippen molar-refractivity contribution in [3.05, 3.63) is 54.1 Å². The highest BCUT2D eigenvalue weighted by Crippen LogP contribution is 2.24. The number of nitrogens with zero attached hydrogens (tertiary/aromatic N) is 1. The zero-order chi connectivity index (χ0) is 22.6. The fraction of sp³-hybridized carbons (Fsp3) is 0.519. The number of carboxylic acids is 1. The lowest BCUT2D eigenvalue weighted by molar-refractivity contribution is -0.137. The molecule has 1 atom stereocenters. The fourth-order valence-corrected chi connectivity index (χ4v) is 4.30. The second-order valence-corrected chi connectivity index (χ2v) is 8.63. The van der Waals surface area contributed by atoms with Gasteiger partial charge in [-0.1, -0.05) is 55.7 Å². The van der Waals surface area contributed by atoms with Gasteiger partial charge in [-0.15, -0.1) is 0 Å². The zero-order valence-corrected chi connectivity index (χ0v) is 19.3. The second kappa shape index (κ2) is 13.2.